The van der Waals surface area contributed by atoms with E-state index < -0.39 is 0 Å². The molecule has 0 saturated heterocycles. The highest BCUT2D eigenvalue weighted by molar-refractivity contribution is 6.21. The standard InChI is InChI=1S/C38H24/c1-2-12-27-24(10-1)20-21-26-23-22-25-11-9-19-34(36(25)35(26)27)38-31-16-6-3-13-28(31)37(29-14-4-7-17-32(29)38)30-15-5-8-18-33(30)38/h1-23,37H. The number of rotatable bonds is 1. The zero-order valence-corrected chi connectivity index (χ0v) is 20.9. The summed E-state index contributed by atoms with van der Waals surface area (Å²) in [4.78, 5) is 0. The van der Waals surface area contributed by atoms with Crippen molar-refractivity contribution in [1.29, 1.82) is 0 Å². The maximum absolute atomic E-state index is 2.40. The minimum atomic E-state index is -0.386. The van der Waals surface area contributed by atoms with Crippen LogP contribution in [0.1, 0.15) is 44.9 Å². The lowest BCUT2D eigenvalue weighted by Crippen LogP contribution is -2.43. The number of benzene rings is 7. The van der Waals surface area contributed by atoms with Gasteiger partial charge in [-0.2, -0.15) is 0 Å². The first-order chi connectivity index (χ1) is 18.9. The van der Waals surface area contributed by atoms with Gasteiger partial charge in [0.15, 0.2) is 0 Å². The predicted molar refractivity (Wildman–Crippen MR) is 158 cm³/mol. The molecule has 7 aromatic carbocycles. The lowest BCUT2D eigenvalue weighted by atomic mass is 9.50. The van der Waals surface area contributed by atoms with Crippen molar-refractivity contribution in [2.45, 2.75) is 11.3 Å². The Morgan fingerprint density at radius 2 is 0.789 bits per heavy atom. The van der Waals surface area contributed by atoms with E-state index in [-0.39, 0.29) is 11.3 Å². The lowest BCUT2D eigenvalue weighted by molar-refractivity contribution is 0.634. The Balaban J connectivity index is 1.58. The van der Waals surface area contributed by atoms with Gasteiger partial charge in [-0.25, -0.2) is 0 Å². The molecule has 0 spiro atoms. The van der Waals surface area contributed by atoms with Gasteiger partial charge in [-0.1, -0.05) is 140 Å². The maximum Gasteiger partial charge on any atom is 0.0716 e. The third-order valence-electron chi connectivity index (χ3n) is 9.18. The Morgan fingerprint density at radius 1 is 0.342 bits per heavy atom. The summed E-state index contributed by atoms with van der Waals surface area (Å²) in [6.45, 7) is 0. The van der Waals surface area contributed by atoms with Gasteiger partial charge in [0, 0.05) is 5.92 Å². The zero-order chi connectivity index (χ0) is 24.8. The summed E-state index contributed by atoms with van der Waals surface area (Å²) in [5.41, 5.74) is 9.57. The van der Waals surface area contributed by atoms with E-state index in [1.165, 1.54) is 71.3 Å². The van der Waals surface area contributed by atoms with Crippen molar-refractivity contribution < 1.29 is 0 Å². The summed E-state index contributed by atoms with van der Waals surface area (Å²) in [5.74, 6) is 0.271. The first kappa shape index (κ1) is 20.4. The molecule has 0 heteroatoms. The molecule has 3 aliphatic carbocycles. The van der Waals surface area contributed by atoms with Gasteiger partial charge in [0.2, 0.25) is 0 Å². The van der Waals surface area contributed by atoms with Crippen LogP contribution >= 0.6 is 0 Å². The second kappa shape index (κ2) is 7.21. The van der Waals surface area contributed by atoms with E-state index in [0.29, 0.717) is 0 Å². The molecule has 0 unspecified atom stereocenters. The van der Waals surface area contributed by atoms with E-state index >= 15 is 0 Å². The number of fused-ring (bicyclic) bond motifs is 5. The van der Waals surface area contributed by atoms with Gasteiger partial charge in [0.25, 0.3) is 0 Å². The zero-order valence-electron chi connectivity index (χ0n) is 20.9. The largest absolute Gasteiger partial charge is 0.0716 e. The van der Waals surface area contributed by atoms with Gasteiger partial charge in [-0.3, -0.25) is 0 Å². The van der Waals surface area contributed by atoms with Crippen LogP contribution in [0.3, 0.4) is 0 Å². The third-order valence-corrected chi connectivity index (χ3v) is 9.18. The molecule has 0 atom stereocenters. The van der Waals surface area contributed by atoms with E-state index in [1.54, 1.807) is 0 Å². The highest BCUT2D eigenvalue weighted by Crippen LogP contribution is 2.62. The summed E-state index contributed by atoms with van der Waals surface area (Å²) in [7, 11) is 0. The summed E-state index contributed by atoms with van der Waals surface area (Å²) in [6.07, 6.45) is 0. The molecule has 3 aliphatic rings. The SMILES string of the molecule is c1ccc2c(c1)C1c3ccccc3C2(c2cccc3ccc4ccc5ccccc5c4c23)c2ccccc21. The van der Waals surface area contributed by atoms with Crippen LogP contribution in [-0.2, 0) is 5.41 Å². The minimum absolute atomic E-state index is 0.271. The van der Waals surface area contributed by atoms with E-state index in [9.17, 15) is 0 Å². The Morgan fingerprint density at radius 3 is 1.42 bits per heavy atom. The topological polar surface area (TPSA) is 0 Å². The lowest BCUT2D eigenvalue weighted by Gasteiger charge is -2.51. The average molecular weight is 481 g/mol. The minimum Gasteiger partial charge on any atom is -0.0619 e. The Bertz CT molecular complexity index is 1970. The average Bonchev–Trinajstić information content (AvgIpc) is 3.00. The highest BCUT2D eigenvalue weighted by Gasteiger charge is 2.52. The smallest absolute Gasteiger partial charge is 0.0619 e. The molecule has 0 aliphatic heterocycles. The molecule has 0 heterocycles. The highest BCUT2D eigenvalue weighted by atomic mass is 14.5. The van der Waals surface area contributed by atoms with Crippen LogP contribution in [0.2, 0.25) is 0 Å². The number of hydrogen-bond donors (Lipinski definition) is 0. The molecule has 176 valence electrons. The van der Waals surface area contributed by atoms with Gasteiger partial charge in [0.1, 0.15) is 0 Å². The van der Waals surface area contributed by atoms with Gasteiger partial charge < -0.3 is 0 Å². The molecule has 2 bridgehead atoms. The second-order valence-corrected chi connectivity index (χ2v) is 10.8. The van der Waals surface area contributed by atoms with E-state index in [4.69, 9.17) is 0 Å². The molecule has 0 fully saturated rings. The van der Waals surface area contributed by atoms with Crippen LogP contribution in [0, 0.1) is 0 Å². The van der Waals surface area contributed by atoms with Crippen LogP contribution in [0.4, 0.5) is 0 Å². The van der Waals surface area contributed by atoms with Crippen molar-refractivity contribution in [2.75, 3.05) is 0 Å². The molecule has 0 nitrogen and oxygen atoms in total. The Labute approximate surface area is 221 Å². The number of hydrogen-bond acceptors (Lipinski definition) is 0. The molecule has 10 rings (SSSR count). The van der Waals surface area contributed by atoms with Gasteiger partial charge >= 0.3 is 0 Å². The summed E-state index contributed by atoms with van der Waals surface area (Å²) in [6, 6.07) is 52.5. The fraction of sp³-hybridized carbons (Fsp3) is 0.0526. The first-order valence-electron chi connectivity index (χ1n) is 13.5. The van der Waals surface area contributed by atoms with Crippen LogP contribution < -0.4 is 0 Å². The van der Waals surface area contributed by atoms with Gasteiger partial charge in [-0.05, 0) is 71.3 Å². The van der Waals surface area contributed by atoms with Crippen molar-refractivity contribution >= 4 is 32.3 Å². The third kappa shape index (κ3) is 2.32. The van der Waals surface area contributed by atoms with Crippen molar-refractivity contribution in [2.24, 2.45) is 0 Å². The summed E-state index contributed by atoms with van der Waals surface area (Å²) >= 11 is 0. The molecule has 0 aromatic heterocycles. The normalized spacial score (nSPS) is 18.9. The molecular weight excluding hydrogens is 456 g/mol. The molecule has 38 heavy (non-hydrogen) atoms. The molecule has 0 amide bonds. The van der Waals surface area contributed by atoms with Crippen LogP contribution in [0.5, 0.6) is 0 Å². The van der Waals surface area contributed by atoms with Crippen molar-refractivity contribution in [1.82, 2.24) is 0 Å². The predicted octanol–water partition coefficient (Wildman–Crippen LogP) is 9.34. The molecular formula is C38H24. The molecule has 0 N–H and O–H groups in total. The quantitative estimate of drug-likeness (QED) is 0.205. The van der Waals surface area contributed by atoms with Crippen molar-refractivity contribution in [3.8, 4) is 0 Å². The van der Waals surface area contributed by atoms with Crippen LogP contribution in [-0.4, -0.2) is 0 Å². The van der Waals surface area contributed by atoms with Crippen LogP contribution in [0.25, 0.3) is 32.3 Å². The monoisotopic (exact) mass is 480 g/mol. The first-order valence-corrected chi connectivity index (χ1v) is 13.5. The molecule has 0 radical (unpaired) electrons. The summed E-state index contributed by atoms with van der Waals surface area (Å²) < 4.78 is 0. The Kier molecular flexibility index (Phi) is 3.87. The van der Waals surface area contributed by atoms with Crippen molar-refractivity contribution in [3.05, 3.63) is 178 Å². The van der Waals surface area contributed by atoms with Gasteiger partial charge in [-0.15, -0.1) is 0 Å². The fourth-order valence-corrected chi connectivity index (χ4v) is 7.83. The Hall–Kier alpha value is -4.68. The van der Waals surface area contributed by atoms with Crippen LogP contribution in [0.15, 0.2) is 140 Å². The second-order valence-electron chi connectivity index (χ2n) is 10.8. The maximum atomic E-state index is 2.40. The van der Waals surface area contributed by atoms with Crippen molar-refractivity contribution in [3.63, 3.8) is 0 Å². The fourth-order valence-electron chi connectivity index (χ4n) is 7.83. The van der Waals surface area contributed by atoms with E-state index in [0.717, 1.165) is 0 Å². The summed E-state index contributed by atoms with van der Waals surface area (Å²) in [5, 5.41) is 7.90. The molecule has 0 saturated carbocycles. The molecule has 7 aromatic rings. The van der Waals surface area contributed by atoms with E-state index in [2.05, 4.69) is 140 Å². The van der Waals surface area contributed by atoms with Gasteiger partial charge in [0.05, 0.1) is 5.41 Å². The van der Waals surface area contributed by atoms with E-state index in [1.807, 2.05) is 0 Å².